The Morgan fingerprint density at radius 3 is 3.00 bits per heavy atom. The molecule has 0 spiro atoms. The van der Waals surface area contributed by atoms with E-state index in [9.17, 15) is 0 Å². The Hall–Kier alpha value is -1.09. The van der Waals surface area contributed by atoms with E-state index in [4.69, 9.17) is 4.74 Å². The zero-order valence-corrected chi connectivity index (χ0v) is 11.7. The molecule has 0 amide bonds. The Kier molecular flexibility index (Phi) is 4.59. The zero-order valence-electron chi connectivity index (χ0n) is 11.7. The van der Waals surface area contributed by atoms with Gasteiger partial charge in [0.05, 0.1) is 7.11 Å². The van der Waals surface area contributed by atoms with Crippen LogP contribution in [0.15, 0.2) is 18.3 Å². The van der Waals surface area contributed by atoms with E-state index in [1.165, 1.54) is 31.4 Å². The first-order valence-electron chi connectivity index (χ1n) is 6.95. The monoisotopic (exact) mass is 248 g/mol. The van der Waals surface area contributed by atoms with Crippen molar-refractivity contribution >= 4 is 0 Å². The lowest BCUT2D eigenvalue weighted by Gasteiger charge is -2.37. The van der Waals surface area contributed by atoms with E-state index in [1.54, 1.807) is 13.3 Å². The van der Waals surface area contributed by atoms with Gasteiger partial charge in [0.1, 0.15) is 0 Å². The molecule has 0 aromatic carbocycles. The van der Waals surface area contributed by atoms with E-state index >= 15 is 0 Å². The van der Waals surface area contributed by atoms with Gasteiger partial charge in [0, 0.05) is 24.3 Å². The standard InChI is InChI=1S/C15H24N2O/c1-12(2)11-17-10-5-4-8-14(17)13-7-6-9-16-15(13)18-3/h6-7,9,12,14H,4-5,8,10-11H2,1-3H3. The van der Waals surface area contributed by atoms with Crippen molar-refractivity contribution in [3.05, 3.63) is 23.9 Å². The van der Waals surface area contributed by atoms with Gasteiger partial charge in [-0.3, -0.25) is 4.90 Å². The van der Waals surface area contributed by atoms with Crippen LogP contribution >= 0.6 is 0 Å². The maximum atomic E-state index is 5.41. The second-order valence-corrected chi connectivity index (χ2v) is 5.50. The van der Waals surface area contributed by atoms with Crippen molar-refractivity contribution in [3.63, 3.8) is 0 Å². The molecule has 1 aromatic heterocycles. The van der Waals surface area contributed by atoms with Gasteiger partial charge >= 0.3 is 0 Å². The molecule has 2 rings (SSSR count). The van der Waals surface area contributed by atoms with Gasteiger partial charge in [-0.1, -0.05) is 26.3 Å². The van der Waals surface area contributed by atoms with E-state index < -0.39 is 0 Å². The van der Waals surface area contributed by atoms with Crippen LogP contribution in [0.2, 0.25) is 0 Å². The molecule has 0 N–H and O–H groups in total. The largest absolute Gasteiger partial charge is 0.481 e. The van der Waals surface area contributed by atoms with Crippen LogP contribution in [0.3, 0.4) is 0 Å². The molecular weight excluding hydrogens is 224 g/mol. The Morgan fingerprint density at radius 1 is 1.44 bits per heavy atom. The Bertz CT molecular complexity index is 379. The molecule has 0 radical (unpaired) electrons. The quantitative estimate of drug-likeness (QED) is 0.817. The van der Waals surface area contributed by atoms with Crippen molar-refractivity contribution in [2.45, 2.75) is 39.2 Å². The lowest BCUT2D eigenvalue weighted by atomic mass is 9.95. The maximum absolute atomic E-state index is 5.41. The second-order valence-electron chi connectivity index (χ2n) is 5.50. The summed E-state index contributed by atoms with van der Waals surface area (Å²) in [7, 11) is 1.71. The van der Waals surface area contributed by atoms with Crippen LogP contribution in [0.4, 0.5) is 0 Å². The van der Waals surface area contributed by atoms with Crippen molar-refractivity contribution in [1.29, 1.82) is 0 Å². The summed E-state index contributed by atoms with van der Waals surface area (Å²) in [5, 5.41) is 0. The number of ether oxygens (including phenoxy) is 1. The third-order valence-electron chi connectivity index (χ3n) is 3.57. The highest BCUT2D eigenvalue weighted by molar-refractivity contribution is 5.29. The summed E-state index contributed by atoms with van der Waals surface area (Å²) in [5.41, 5.74) is 1.25. The van der Waals surface area contributed by atoms with Gasteiger partial charge < -0.3 is 4.74 Å². The third kappa shape index (κ3) is 3.02. The van der Waals surface area contributed by atoms with E-state index in [2.05, 4.69) is 29.8 Å². The van der Waals surface area contributed by atoms with Crippen molar-refractivity contribution in [3.8, 4) is 5.88 Å². The number of nitrogens with zero attached hydrogens (tertiary/aromatic N) is 2. The van der Waals surface area contributed by atoms with Gasteiger partial charge in [-0.15, -0.1) is 0 Å². The summed E-state index contributed by atoms with van der Waals surface area (Å²) in [6.07, 6.45) is 5.63. The number of hydrogen-bond donors (Lipinski definition) is 0. The average molecular weight is 248 g/mol. The SMILES string of the molecule is COc1ncccc1C1CCCCN1CC(C)C. The molecule has 0 saturated carbocycles. The first-order valence-corrected chi connectivity index (χ1v) is 6.95. The molecule has 1 aliphatic rings. The van der Waals surface area contributed by atoms with Gasteiger partial charge in [0.2, 0.25) is 5.88 Å². The Labute approximate surface area is 110 Å². The molecule has 1 aliphatic heterocycles. The summed E-state index contributed by atoms with van der Waals surface area (Å²) in [4.78, 5) is 6.93. The molecule has 1 saturated heterocycles. The van der Waals surface area contributed by atoms with Crippen LogP contribution in [0.5, 0.6) is 5.88 Å². The molecule has 1 fully saturated rings. The van der Waals surface area contributed by atoms with Crippen LogP contribution in [-0.4, -0.2) is 30.1 Å². The number of likely N-dealkylation sites (tertiary alicyclic amines) is 1. The molecule has 0 bridgehead atoms. The number of methoxy groups -OCH3 is 1. The number of rotatable bonds is 4. The molecule has 3 heteroatoms. The first-order chi connectivity index (χ1) is 8.72. The van der Waals surface area contributed by atoms with Crippen molar-refractivity contribution < 1.29 is 4.74 Å². The normalized spacial score (nSPS) is 21.2. The highest BCUT2D eigenvalue weighted by Crippen LogP contribution is 2.35. The summed E-state index contributed by atoms with van der Waals surface area (Å²) >= 11 is 0. The van der Waals surface area contributed by atoms with E-state index in [0.29, 0.717) is 12.0 Å². The maximum Gasteiger partial charge on any atom is 0.217 e. The van der Waals surface area contributed by atoms with Crippen LogP contribution in [0.1, 0.15) is 44.7 Å². The van der Waals surface area contributed by atoms with Crippen LogP contribution < -0.4 is 4.74 Å². The Balaban J connectivity index is 2.22. The van der Waals surface area contributed by atoms with Gasteiger partial charge in [0.25, 0.3) is 0 Å². The van der Waals surface area contributed by atoms with Gasteiger partial charge in [-0.05, 0) is 31.4 Å². The number of hydrogen-bond acceptors (Lipinski definition) is 3. The predicted molar refractivity (Wildman–Crippen MR) is 73.8 cm³/mol. The molecular formula is C15H24N2O. The van der Waals surface area contributed by atoms with Crippen molar-refractivity contribution in [1.82, 2.24) is 9.88 Å². The summed E-state index contributed by atoms with van der Waals surface area (Å²) in [6.45, 7) is 6.92. The van der Waals surface area contributed by atoms with Crippen LogP contribution in [0.25, 0.3) is 0 Å². The molecule has 1 aromatic rings. The minimum Gasteiger partial charge on any atom is -0.481 e. The fourth-order valence-electron chi connectivity index (χ4n) is 2.86. The predicted octanol–water partition coefficient (Wildman–Crippen LogP) is 3.27. The molecule has 1 atom stereocenters. The molecule has 3 nitrogen and oxygen atoms in total. The van der Waals surface area contributed by atoms with E-state index in [0.717, 1.165) is 12.4 Å². The van der Waals surface area contributed by atoms with E-state index in [-0.39, 0.29) is 0 Å². The number of pyridine rings is 1. The fraction of sp³-hybridized carbons (Fsp3) is 0.667. The molecule has 1 unspecified atom stereocenters. The molecule has 2 heterocycles. The second kappa shape index (κ2) is 6.19. The summed E-state index contributed by atoms with van der Waals surface area (Å²) in [5.74, 6) is 1.49. The molecule has 0 aliphatic carbocycles. The molecule has 100 valence electrons. The lowest BCUT2D eigenvalue weighted by molar-refractivity contribution is 0.129. The van der Waals surface area contributed by atoms with Gasteiger partial charge in [-0.25, -0.2) is 4.98 Å². The molecule has 18 heavy (non-hydrogen) atoms. The lowest BCUT2D eigenvalue weighted by Crippen LogP contribution is -2.36. The Morgan fingerprint density at radius 2 is 2.28 bits per heavy atom. The van der Waals surface area contributed by atoms with Gasteiger partial charge in [-0.2, -0.15) is 0 Å². The van der Waals surface area contributed by atoms with Crippen LogP contribution in [0, 0.1) is 5.92 Å². The highest BCUT2D eigenvalue weighted by atomic mass is 16.5. The average Bonchev–Trinajstić information content (AvgIpc) is 2.39. The minimum absolute atomic E-state index is 0.477. The van der Waals surface area contributed by atoms with Gasteiger partial charge in [0.15, 0.2) is 0 Å². The smallest absolute Gasteiger partial charge is 0.217 e. The van der Waals surface area contributed by atoms with Crippen molar-refractivity contribution in [2.24, 2.45) is 5.92 Å². The first kappa shape index (κ1) is 13.3. The fourth-order valence-corrected chi connectivity index (χ4v) is 2.86. The summed E-state index contributed by atoms with van der Waals surface area (Å²) in [6, 6.07) is 4.65. The number of aromatic nitrogens is 1. The highest BCUT2D eigenvalue weighted by Gasteiger charge is 2.26. The minimum atomic E-state index is 0.477. The third-order valence-corrected chi connectivity index (χ3v) is 3.57. The van der Waals surface area contributed by atoms with Crippen LogP contribution in [-0.2, 0) is 0 Å². The summed E-state index contributed by atoms with van der Waals surface area (Å²) < 4.78 is 5.41. The number of piperidine rings is 1. The van der Waals surface area contributed by atoms with Crippen molar-refractivity contribution in [2.75, 3.05) is 20.2 Å². The topological polar surface area (TPSA) is 25.4 Å². The van der Waals surface area contributed by atoms with E-state index in [1.807, 2.05) is 6.07 Å². The zero-order chi connectivity index (χ0) is 13.0.